The van der Waals surface area contributed by atoms with Crippen molar-refractivity contribution >= 4 is 17.4 Å². The number of nitrogens with one attached hydrogen (secondary N) is 2. The van der Waals surface area contributed by atoms with Crippen LogP contribution in [0.25, 0.3) is 11.3 Å². The lowest BCUT2D eigenvalue weighted by Gasteiger charge is -2.10. The maximum Gasteiger partial charge on any atom is 0.387 e. The van der Waals surface area contributed by atoms with Gasteiger partial charge < -0.3 is 15.4 Å². The highest BCUT2D eigenvalue weighted by molar-refractivity contribution is 6.00. The standard InChI is InChI=1S/C18H14F2N4O2/c19-17(20)26-15-6-4-13(5-7-15)23-18(25)24-14-3-1-2-12(10-14)16-11-21-8-9-22-16/h1-11,17H,(H2,23,24,25). The summed E-state index contributed by atoms with van der Waals surface area (Å²) >= 11 is 0. The van der Waals surface area contributed by atoms with Crippen LogP contribution in [0.4, 0.5) is 25.0 Å². The normalized spacial score (nSPS) is 10.4. The number of rotatable bonds is 5. The van der Waals surface area contributed by atoms with Crippen LogP contribution in [0.2, 0.25) is 0 Å². The first-order valence-corrected chi connectivity index (χ1v) is 7.59. The van der Waals surface area contributed by atoms with E-state index in [1.807, 2.05) is 6.07 Å². The number of ether oxygens (including phenoxy) is 1. The van der Waals surface area contributed by atoms with Crippen LogP contribution in [0, 0.1) is 0 Å². The molecule has 0 spiro atoms. The van der Waals surface area contributed by atoms with E-state index in [0.29, 0.717) is 17.1 Å². The van der Waals surface area contributed by atoms with Crippen LogP contribution in [0.5, 0.6) is 5.75 Å². The zero-order valence-electron chi connectivity index (χ0n) is 13.4. The summed E-state index contributed by atoms with van der Waals surface area (Å²) in [6.07, 6.45) is 4.79. The number of benzene rings is 2. The Balaban J connectivity index is 1.63. The molecule has 2 N–H and O–H groups in total. The molecule has 0 radical (unpaired) electrons. The molecule has 8 heteroatoms. The van der Waals surface area contributed by atoms with Gasteiger partial charge in [-0.05, 0) is 36.4 Å². The van der Waals surface area contributed by atoms with Crippen molar-refractivity contribution in [2.24, 2.45) is 0 Å². The summed E-state index contributed by atoms with van der Waals surface area (Å²) in [6, 6.07) is 12.3. The number of nitrogens with zero attached hydrogens (tertiary/aromatic N) is 2. The third-order valence-electron chi connectivity index (χ3n) is 3.32. The fourth-order valence-corrected chi connectivity index (χ4v) is 2.22. The molecule has 0 aliphatic heterocycles. The van der Waals surface area contributed by atoms with E-state index in [4.69, 9.17) is 0 Å². The lowest BCUT2D eigenvalue weighted by molar-refractivity contribution is -0.0498. The molecule has 3 rings (SSSR count). The summed E-state index contributed by atoms with van der Waals surface area (Å²) in [4.78, 5) is 20.3. The van der Waals surface area contributed by atoms with E-state index in [0.717, 1.165) is 5.56 Å². The molecule has 0 aliphatic rings. The van der Waals surface area contributed by atoms with Crippen LogP contribution in [0.1, 0.15) is 0 Å². The minimum Gasteiger partial charge on any atom is -0.435 e. The number of carbonyl (C=O) groups excluding carboxylic acids is 1. The molecular formula is C18H14F2N4O2. The molecular weight excluding hydrogens is 342 g/mol. The van der Waals surface area contributed by atoms with Crippen molar-refractivity contribution in [2.45, 2.75) is 6.61 Å². The number of hydrogen-bond acceptors (Lipinski definition) is 4. The molecule has 0 saturated carbocycles. The van der Waals surface area contributed by atoms with Gasteiger partial charge in [0, 0.05) is 29.3 Å². The largest absolute Gasteiger partial charge is 0.435 e. The Bertz CT molecular complexity index is 874. The average molecular weight is 356 g/mol. The molecule has 26 heavy (non-hydrogen) atoms. The molecule has 132 valence electrons. The maximum absolute atomic E-state index is 12.1. The minimum absolute atomic E-state index is 0.0163. The number of alkyl halides is 2. The van der Waals surface area contributed by atoms with Gasteiger partial charge in [0.15, 0.2) is 0 Å². The molecule has 3 aromatic rings. The van der Waals surface area contributed by atoms with E-state index in [9.17, 15) is 13.6 Å². The number of aromatic nitrogens is 2. The van der Waals surface area contributed by atoms with Gasteiger partial charge in [0.2, 0.25) is 0 Å². The van der Waals surface area contributed by atoms with Crippen LogP contribution in [0.3, 0.4) is 0 Å². The summed E-state index contributed by atoms with van der Waals surface area (Å²) in [5.74, 6) is 0.0163. The second kappa shape index (κ2) is 8.02. The van der Waals surface area contributed by atoms with E-state index >= 15 is 0 Å². The van der Waals surface area contributed by atoms with E-state index in [-0.39, 0.29) is 5.75 Å². The molecule has 0 aliphatic carbocycles. The Morgan fingerprint density at radius 2 is 1.77 bits per heavy atom. The molecule has 6 nitrogen and oxygen atoms in total. The van der Waals surface area contributed by atoms with Gasteiger partial charge in [-0.15, -0.1) is 0 Å². The number of hydrogen-bond donors (Lipinski definition) is 2. The lowest BCUT2D eigenvalue weighted by Crippen LogP contribution is -2.19. The Morgan fingerprint density at radius 3 is 2.46 bits per heavy atom. The van der Waals surface area contributed by atoms with Crippen LogP contribution >= 0.6 is 0 Å². The number of amides is 2. The van der Waals surface area contributed by atoms with Crippen molar-refractivity contribution in [3.05, 3.63) is 67.1 Å². The molecule has 1 heterocycles. The third kappa shape index (κ3) is 4.73. The van der Waals surface area contributed by atoms with Gasteiger partial charge in [0.1, 0.15) is 5.75 Å². The number of carbonyl (C=O) groups is 1. The molecule has 2 aromatic carbocycles. The Morgan fingerprint density at radius 1 is 1.00 bits per heavy atom. The first kappa shape index (κ1) is 17.3. The minimum atomic E-state index is -2.89. The quantitative estimate of drug-likeness (QED) is 0.711. The fraction of sp³-hybridized carbons (Fsp3) is 0.0556. The number of urea groups is 1. The van der Waals surface area contributed by atoms with E-state index in [2.05, 4.69) is 25.3 Å². The third-order valence-corrected chi connectivity index (χ3v) is 3.32. The van der Waals surface area contributed by atoms with Gasteiger partial charge in [-0.25, -0.2) is 4.79 Å². The molecule has 0 bridgehead atoms. The Kier molecular flexibility index (Phi) is 5.33. The van der Waals surface area contributed by atoms with Gasteiger partial charge >= 0.3 is 12.6 Å². The SMILES string of the molecule is O=C(Nc1ccc(OC(F)F)cc1)Nc1cccc(-c2cnccn2)c1. The smallest absolute Gasteiger partial charge is 0.387 e. The summed E-state index contributed by atoms with van der Waals surface area (Å²) in [7, 11) is 0. The highest BCUT2D eigenvalue weighted by atomic mass is 19.3. The molecule has 0 saturated heterocycles. The van der Waals surface area contributed by atoms with Gasteiger partial charge in [0.25, 0.3) is 0 Å². The molecule has 0 fully saturated rings. The zero-order chi connectivity index (χ0) is 18.4. The number of halogens is 2. The Hall–Kier alpha value is -3.55. The van der Waals surface area contributed by atoms with E-state index in [1.54, 1.807) is 36.8 Å². The summed E-state index contributed by atoms with van der Waals surface area (Å²) < 4.78 is 28.5. The Labute approximate surface area is 147 Å². The van der Waals surface area contributed by atoms with Crippen molar-refractivity contribution in [1.29, 1.82) is 0 Å². The van der Waals surface area contributed by atoms with Gasteiger partial charge in [-0.3, -0.25) is 9.97 Å². The van der Waals surface area contributed by atoms with Crippen molar-refractivity contribution in [3.63, 3.8) is 0 Å². The lowest BCUT2D eigenvalue weighted by atomic mass is 10.1. The monoisotopic (exact) mass is 356 g/mol. The van der Waals surface area contributed by atoms with Crippen LogP contribution < -0.4 is 15.4 Å². The first-order valence-electron chi connectivity index (χ1n) is 7.59. The predicted molar refractivity (Wildman–Crippen MR) is 93.2 cm³/mol. The van der Waals surface area contributed by atoms with Crippen LogP contribution in [-0.4, -0.2) is 22.6 Å². The number of anilines is 2. The topological polar surface area (TPSA) is 76.1 Å². The predicted octanol–water partition coefficient (Wildman–Crippen LogP) is 4.39. The van der Waals surface area contributed by atoms with Crippen molar-refractivity contribution < 1.29 is 18.3 Å². The molecule has 0 atom stereocenters. The summed E-state index contributed by atoms with van der Waals surface area (Å²) in [5, 5.41) is 5.31. The summed E-state index contributed by atoms with van der Waals surface area (Å²) in [6.45, 7) is -2.89. The first-order chi connectivity index (χ1) is 12.6. The second-order valence-electron chi connectivity index (χ2n) is 5.15. The fourth-order valence-electron chi connectivity index (χ4n) is 2.22. The highest BCUT2D eigenvalue weighted by Gasteiger charge is 2.07. The van der Waals surface area contributed by atoms with Crippen molar-refractivity contribution in [2.75, 3.05) is 10.6 Å². The summed E-state index contributed by atoms with van der Waals surface area (Å²) in [5.41, 5.74) is 2.51. The van der Waals surface area contributed by atoms with Gasteiger partial charge in [-0.1, -0.05) is 12.1 Å². The van der Waals surface area contributed by atoms with Gasteiger partial charge in [0.05, 0.1) is 11.9 Å². The average Bonchev–Trinajstić information content (AvgIpc) is 2.64. The van der Waals surface area contributed by atoms with Crippen molar-refractivity contribution in [1.82, 2.24) is 9.97 Å². The molecule has 2 amide bonds. The molecule has 0 unspecified atom stereocenters. The van der Waals surface area contributed by atoms with Crippen LogP contribution in [-0.2, 0) is 0 Å². The van der Waals surface area contributed by atoms with Gasteiger partial charge in [-0.2, -0.15) is 8.78 Å². The van der Waals surface area contributed by atoms with Crippen LogP contribution in [0.15, 0.2) is 67.1 Å². The van der Waals surface area contributed by atoms with E-state index < -0.39 is 12.6 Å². The highest BCUT2D eigenvalue weighted by Crippen LogP contribution is 2.21. The zero-order valence-corrected chi connectivity index (χ0v) is 13.4. The van der Waals surface area contributed by atoms with Crippen molar-refractivity contribution in [3.8, 4) is 17.0 Å². The maximum atomic E-state index is 12.1. The van der Waals surface area contributed by atoms with E-state index in [1.165, 1.54) is 24.3 Å². The molecule has 1 aromatic heterocycles. The second-order valence-corrected chi connectivity index (χ2v) is 5.15.